The first-order chi connectivity index (χ1) is 10.6. The molecule has 0 atom stereocenters. The molecule has 0 bridgehead atoms. The summed E-state index contributed by atoms with van der Waals surface area (Å²) in [6.07, 6.45) is 1.54. The summed E-state index contributed by atoms with van der Waals surface area (Å²) >= 11 is 3.33. The third kappa shape index (κ3) is 4.18. The van der Waals surface area contributed by atoms with Crippen LogP contribution in [0.4, 0.5) is 0 Å². The summed E-state index contributed by atoms with van der Waals surface area (Å²) in [6, 6.07) is 11.6. The highest BCUT2D eigenvalue weighted by Gasteiger charge is 2.16. The Bertz CT molecular complexity index is 682. The minimum atomic E-state index is -0.532. The number of aldehydes is 1. The van der Waals surface area contributed by atoms with Crippen molar-refractivity contribution < 1.29 is 19.1 Å². The molecule has 4 nitrogen and oxygen atoms in total. The lowest BCUT2D eigenvalue weighted by molar-refractivity contribution is 0.0729. The van der Waals surface area contributed by atoms with Crippen LogP contribution in [0, 0.1) is 0 Å². The maximum Gasteiger partial charge on any atom is 0.347 e. The van der Waals surface area contributed by atoms with Gasteiger partial charge in [-0.05, 0) is 36.8 Å². The van der Waals surface area contributed by atoms with Crippen molar-refractivity contribution in [3.63, 3.8) is 0 Å². The van der Waals surface area contributed by atoms with Gasteiger partial charge in [0.1, 0.15) is 23.3 Å². The van der Waals surface area contributed by atoms with Crippen molar-refractivity contribution in [2.75, 3.05) is 6.61 Å². The molecule has 0 N–H and O–H groups in total. The average Bonchev–Trinajstić information content (AvgIpc) is 2.53. The van der Waals surface area contributed by atoms with Gasteiger partial charge in [-0.25, -0.2) is 4.79 Å². The molecule has 2 rings (SSSR count). The normalized spacial score (nSPS) is 10.1. The number of hydrogen-bond donors (Lipinski definition) is 0. The molecular formula is C17H15BrO4. The largest absolute Gasteiger partial charge is 0.493 e. The van der Waals surface area contributed by atoms with Crippen molar-refractivity contribution >= 4 is 28.2 Å². The molecule has 2 aromatic carbocycles. The Kier molecular flexibility index (Phi) is 5.72. The van der Waals surface area contributed by atoms with Crippen LogP contribution in [0.2, 0.25) is 0 Å². The second kappa shape index (κ2) is 7.75. The Labute approximate surface area is 137 Å². The molecule has 0 aromatic heterocycles. The lowest BCUT2D eigenvalue weighted by atomic mass is 10.2. The third-order valence-electron chi connectivity index (χ3n) is 2.83. The Morgan fingerprint density at radius 2 is 2.05 bits per heavy atom. The van der Waals surface area contributed by atoms with Gasteiger partial charge >= 0.3 is 5.97 Å². The molecule has 0 heterocycles. The quantitative estimate of drug-likeness (QED) is 0.437. The van der Waals surface area contributed by atoms with Gasteiger partial charge in [-0.1, -0.05) is 35.0 Å². The van der Waals surface area contributed by atoms with Crippen LogP contribution in [0.5, 0.6) is 11.5 Å². The van der Waals surface area contributed by atoms with Crippen LogP contribution < -0.4 is 9.47 Å². The molecule has 0 unspecified atom stereocenters. The van der Waals surface area contributed by atoms with Gasteiger partial charge in [-0.2, -0.15) is 0 Å². The van der Waals surface area contributed by atoms with Crippen LogP contribution in [0.3, 0.4) is 0 Å². The van der Waals surface area contributed by atoms with E-state index >= 15 is 0 Å². The first-order valence-electron chi connectivity index (χ1n) is 6.84. The van der Waals surface area contributed by atoms with Crippen molar-refractivity contribution in [1.29, 1.82) is 0 Å². The number of benzene rings is 2. The molecule has 22 heavy (non-hydrogen) atoms. The van der Waals surface area contributed by atoms with Gasteiger partial charge in [0.25, 0.3) is 0 Å². The van der Waals surface area contributed by atoms with Crippen LogP contribution in [0.25, 0.3) is 0 Å². The van der Waals surface area contributed by atoms with E-state index in [0.717, 1.165) is 10.9 Å². The lowest BCUT2D eigenvalue weighted by Gasteiger charge is -2.11. The Morgan fingerprint density at radius 3 is 2.77 bits per heavy atom. The number of ether oxygens (including phenoxy) is 2. The molecule has 2 aromatic rings. The topological polar surface area (TPSA) is 52.6 Å². The van der Waals surface area contributed by atoms with Gasteiger partial charge < -0.3 is 9.47 Å². The van der Waals surface area contributed by atoms with Crippen molar-refractivity contribution in [2.45, 2.75) is 13.3 Å². The second-order valence-corrected chi connectivity index (χ2v) is 5.48. The summed E-state index contributed by atoms with van der Waals surface area (Å²) in [5.74, 6) is 0.257. The van der Waals surface area contributed by atoms with Crippen LogP contribution in [0.1, 0.15) is 34.1 Å². The van der Waals surface area contributed by atoms with Crippen molar-refractivity contribution in [3.05, 3.63) is 58.1 Å². The van der Waals surface area contributed by atoms with Crippen LogP contribution in [0.15, 0.2) is 46.9 Å². The van der Waals surface area contributed by atoms with E-state index in [2.05, 4.69) is 15.9 Å². The fraction of sp³-hybridized carbons (Fsp3) is 0.176. The number of esters is 1. The molecule has 0 aliphatic carbocycles. The van der Waals surface area contributed by atoms with Gasteiger partial charge in [0.15, 0.2) is 0 Å². The molecule has 5 heteroatoms. The molecule has 0 amide bonds. The minimum Gasteiger partial charge on any atom is -0.493 e. The number of carbonyl (C=O) groups is 2. The van der Waals surface area contributed by atoms with Gasteiger partial charge in [-0.15, -0.1) is 0 Å². The average molecular weight is 363 g/mol. The zero-order chi connectivity index (χ0) is 15.9. The van der Waals surface area contributed by atoms with Crippen molar-refractivity contribution in [2.24, 2.45) is 0 Å². The van der Waals surface area contributed by atoms with E-state index in [1.165, 1.54) is 6.07 Å². The molecular weight excluding hydrogens is 348 g/mol. The number of rotatable bonds is 6. The van der Waals surface area contributed by atoms with Gasteiger partial charge in [-0.3, -0.25) is 4.79 Å². The van der Waals surface area contributed by atoms with Crippen molar-refractivity contribution in [1.82, 2.24) is 0 Å². The highest BCUT2D eigenvalue weighted by Crippen LogP contribution is 2.25. The van der Waals surface area contributed by atoms with E-state index in [9.17, 15) is 9.59 Å². The summed E-state index contributed by atoms with van der Waals surface area (Å²) in [5, 5.41) is 0. The molecule has 0 saturated heterocycles. The lowest BCUT2D eigenvalue weighted by Crippen LogP contribution is -2.11. The maximum atomic E-state index is 12.3. The minimum absolute atomic E-state index is 0.316. The van der Waals surface area contributed by atoms with E-state index in [1.807, 2.05) is 6.92 Å². The number of carbonyl (C=O) groups excluding carboxylic acids is 2. The van der Waals surface area contributed by atoms with Crippen LogP contribution in [-0.2, 0) is 0 Å². The summed E-state index contributed by atoms with van der Waals surface area (Å²) in [4.78, 5) is 23.1. The second-order valence-electron chi connectivity index (χ2n) is 4.57. The molecule has 0 aliphatic heterocycles. The fourth-order valence-corrected chi connectivity index (χ4v) is 2.17. The van der Waals surface area contributed by atoms with E-state index < -0.39 is 5.97 Å². The SMILES string of the molecule is CCCOc1ccc(Br)cc1C(=O)Oc1cccc(C=O)c1. The predicted octanol–water partition coefficient (Wildman–Crippen LogP) is 4.27. The Balaban J connectivity index is 2.24. The summed E-state index contributed by atoms with van der Waals surface area (Å²) in [5.41, 5.74) is 0.779. The van der Waals surface area contributed by atoms with Gasteiger partial charge in [0, 0.05) is 10.0 Å². The van der Waals surface area contributed by atoms with E-state index in [1.54, 1.807) is 36.4 Å². The number of halogens is 1. The highest BCUT2D eigenvalue weighted by molar-refractivity contribution is 9.10. The third-order valence-corrected chi connectivity index (χ3v) is 3.32. The fourth-order valence-electron chi connectivity index (χ4n) is 1.81. The van der Waals surface area contributed by atoms with E-state index in [-0.39, 0.29) is 0 Å². The Morgan fingerprint density at radius 1 is 1.23 bits per heavy atom. The zero-order valence-corrected chi connectivity index (χ0v) is 13.6. The monoisotopic (exact) mass is 362 g/mol. The highest BCUT2D eigenvalue weighted by atomic mass is 79.9. The number of hydrogen-bond acceptors (Lipinski definition) is 4. The predicted molar refractivity (Wildman–Crippen MR) is 86.7 cm³/mol. The first kappa shape index (κ1) is 16.2. The van der Waals surface area contributed by atoms with Gasteiger partial charge in [0.05, 0.1) is 6.61 Å². The molecule has 0 aliphatic rings. The van der Waals surface area contributed by atoms with E-state index in [4.69, 9.17) is 9.47 Å². The summed E-state index contributed by atoms with van der Waals surface area (Å²) < 4.78 is 11.6. The molecule has 0 spiro atoms. The van der Waals surface area contributed by atoms with Crippen LogP contribution >= 0.6 is 15.9 Å². The smallest absolute Gasteiger partial charge is 0.347 e. The first-order valence-corrected chi connectivity index (χ1v) is 7.63. The van der Waals surface area contributed by atoms with Crippen LogP contribution in [-0.4, -0.2) is 18.9 Å². The Hall–Kier alpha value is -2.14. The molecule has 0 fully saturated rings. The molecule has 0 saturated carbocycles. The summed E-state index contributed by atoms with van der Waals surface area (Å²) in [7, 11) is 0. The van der Waals surface area contributed by atoms with Gasteiger partial charge in [0.2, 0.25) is 0 Å². The molecule has 0 radical (unpaired) electrons. The zero-order valence-electron chi connectivity index (χ0n) is 12.0. The maximum absolute atomic E-state index is 12.3. The molecule has 114 valence electrons. The van der Waals surface area contributed by atoms with E-state index in [0.29, 0.717) is 35.5 Å². The van der Waals surface area contributed by atoms with Crippen molar-refractivity contribution in [3.8, 4) is 11.5 Å². The summed E-state index contributed by atoms with van der Waals surface area (Å²) in [6.45, 7) is 2.50. The standard InChI is InChI=1S/C17H15BrO4/c1-2-8-21-16-7-6-13(18)10-15(16)17(20)22-14-5-3-4-12(9-14)11-19/h3-7,9-11H,2,8H2,1H3.